The van der Waals surface area contributed by atoms with E-state index in [1.807, 2.05) is 24.6 Å². The highest BCUT2D eigenvalue weighted by molar-refractivity contribution is 5.73. The normalized spacial score (nSPS) is 22.3. The van der Waals surface area contributed by atoms with Crippen LogP contribution < -0.4 is 9.30 Å². The van der Waals surface area contributed by atoms with Crippen LogP contribution in [-0.2, 0) is 12.5 Å². The summed E-state index contributed by atoms with van der Waals surface area (Å²) >= 11 is 0. The number of benzene rings is 1. The number of hydrogen-bond donors (Lipinski definition) is 0. The molecule has 1 aliphatic carbocycles. The number of hydrogen-bond acceptors (Lipinski definition) is 1. The molecule has 0 unspecified atom stereocenters. The van der Waals surface area contributed by atoms with Gasteiger partial charge in [0.2, 0.25) is 5.69 Å². The second kappa shape index (κ2) is 6.36. The third kappa shape index (κ3) is 3.07. The Morgan fingerprint density at radius 1 is 1.04 bits per heavy atom. The van der Waals surface area contributed by atoms with Gasteiger partial charge in [0.05, 0.1) is 5.56 Å². The maximum absolute atomic E-state index is 7.86. The first-order valence-electron chi connectivity index (χ1n) is 11.8. The van der Waals surface area contributed by atoms with Gasteiger partial charge in [-0.3, -0.25) is 0 Å². The summed E-state index contributed by atoms with van der Waals surface area (Å²) in [5.74, 6) is 1.00. The van der Waals surface area contributed by atoms with Crippen LogP contribution in [0.3, 0.4) is 0 Å². The van der Waals surface area contributed by atoms with E-state index < -0.39 is 6.85 Å². The van der Waals surface area contributed by atoms with Crippen LogP contribution in [0.2, 0.25) is 0 Å². The molecule has 2 aromatic rings. The fraction of sp³-hybridized carbons (Fsp3) is 0.560. The van der Waals surface area contributed by atoms with Gasteiger partial charge in [0, 0.05) is 26.7 Å². The van der Waals surface area contributed by atoms with Crippen molar-refractivity contribution < 1.29 is 13.4 Å². The first-order chi connectivity index (χ1) is 13.9. The summed E-state index contributed by atoms with van der Waals surface area (Å²) in [4.78, 5) is 0. The smallest absolute Gasteiger partial charge is 0.216 e. The molecule has 0 atom stereocenters. The van der Waals surface area contributed by atoms with E-state index >= 15 is 0 Å². The quantitative estimate of drug-likeness (QED) is 0.575. The molecular formula is C25H34NO+. The van der Waals surface area contributed by atoms with Gasteiger partial charge in [0.1, 0.15) is 18.4 Å². The minimum atomic E-state index is -2.11. The summed E-state index contributed by atoms with van der Waals surface area (Å²) < 4.78 is 32.2. The van der Waals surface area contributed by atoms with Crippen LogP contribution >= 0.6 is 0 Å². The van der Waals surface area contributed by atoms with Crippen molar-refractivity contribution in [2.45, 2.75) is 84.1 Å². The Morgan fingerprint density at radius 2 is 1.78 bits per heavy atom. The van der Waals surface area contributed by atoms with E-state index in [2.05, 4.69) is 32.9 Å². The number of nitrogens with zero attached hydrogens (tertiary/aromatic N) is 1. The molecule has 1 spiro atoms. The lowest BCUT2D eigenvalue weighted by Crippen LogP contribution is -2.46. The van der Waals surface area contributed by atoms with Crippen LogP contribution in [0.4, 0.5) is 0 Å². The van der Waals surface area contributed by atoms with Crippen LogP contribution in [-0.4, -0.2) is 5.60 Å². The predicted molar refractivity (Wildman–Crippen MR) is 111 cm³/mol. The van der Waals surface area contributed by atoms with Crippen molar-refractivity contribution in [1.29, 1.82) is 0 Å². The standard InChI is InChI=1S/C25H34NO/c1-17-10-11-20-23(22(17)21-14-18(2)19(3)15-26(21)6)27-24(4,5)16-25(20)12-8-7-9-13-25/h10-11,14-15H,7-9,12-13,16H2,1-6H3/q+1/i3D3. The molecular weight excluding hydrogens is 330 g/mol. The fourth-order valence-corrected chi connectivity index (χ4v) is 5.42. The van der Waals surface area contributed by atoms with Gasteiger partial charge in [-0.15, -0.1) is 0 Å². The zero-order valence-corrected chi connectivity index (χ0v) is 17.4. The summed E-state index contributed by atoms with van der Waals surface area (Å²) in [6.45, 7) is 6.32. The second-order valence-corrected chi connectivity index (χ2v) is 9.38. The van der Waals surface area contributed by atoms with Crippen molar-refractivity contribution in [2.24, 2.45) is 7.05 Å². The Kier molecular flexibility index (Phi) is 3.56. The van der Waals surface area contributed by atoms with Crippen molar-refractivity contribution >= 4 is 0 Å². The predicted octanol–water partition coefficient (Wildman–Crippen LogP) is 5.87. The van der Waals surface area contributed by atoms with Crippen LogP contribution in [0.25, 0.3) is 11.3 Å². The summed E-state index contributed by atoms with van der Waals surface area (Å²) in [5.41, 5.74) is 5.78. The maximum atomic E-state index is 7.86. The molecule has 2 nitrogen and oxygen atoms in total. The van der Waals surface area contributed by atoms with E-state index in [9.17, 15) is 0 Å². The molecule has 0 amide bonds. The molecule has 0 N–H and O–H groups in total. The Bertz CT molecular complexity index is 985. The number of rotatable bonds is 1. The lowest BCUT2D eigenvalue weighted by Gasteiger charge is -2.48. The van der Waals surface area contributed by atoms with E-state index in [1.165, 1.54) is 37.7 Å². The number of ether oxygens (including phenoxy) is 1. The summed E-state index contributed by atoms with van der Waals surface area (Å²) in [7, 11) is 1.94. The van der Waals surface area contributed by atoms with Crippen molar-refractivity contribution in [2.75, 3.05) is 0 Å². The van der Waals surface area contributed by atoms with Crippen molar-refractivity contribution in [1.82, 2.24) is 0 Å². The minimum absolute atomic E-state index is 0.185. The topological polar surface area (TPSA) is 13.1 Å². The van der Waals surface area contributed by atoms with Crippen LogP contribution in [0.1, 0.15) is 78.7 Å². The van der Waals surface area contributed by atoms with Crippen molar-refractivity contribution in [3.8, 4) is 17.0 Å². The molecule has 1 aromatic carbocycles. The molecule has 2 heterocycles. The molecule has 2 aliphatic rings. The van der Waals surface area contributed by atoms with Gasteiger partial charge in [-0.25, -0.2) is 4.57 Å². The Balaban J connectivity index is 1.96. The van der Waals surface area contributed by atoms with Crippen LogP contribution in [0, 0.1) is 20.7 Å². The first-order valence-corrected chi connectivity index (χ1v) is 10.3. The number of aromatic nitrogens is 1. The zero-order valence-electron chi connectivity index (χ0n) is 20.4. The first kappa shape index (κ1) is 15.1. The molecule has 1 saturated carbocycles. The van der Waals surface area contributed by atoms with Gasteiger partial charge in [0.15, 0.2) is 6.20 Å². The van der Waals surface area contributed by atoms with E-state index in [0.29, 0.717) is 5.56 Å². The number of pyridine rings is 1. The zero-order chi connectivity index (χ0) is 21.9. The van der Waals surface area contributed by atoms with Gasteiger partial charge >= 0.3 is 0 Å². The summed E-state index contributed by atoms with van der Waals surface area (Å²) in [5, 5.41) is 0. The molecule has 144 valence electrons. The van der Waals surface area contributed by atoms with Crippen LogP contribution in [0.15, 0.2) is 24.4 Å². The van der Waals surface area contributed by atoms with Crippen LogP contribution in [0.5, 0.6) is 5.75 Å². The van der Waals surface area contributed by atoms with E-state index in [1.54, 1.807) is 6.20 Å². The monoisotopic (exact) mass is 367 g/mol. The molecule has 0 radical (unpaired) electrons. The summed E-state index contributed by atoms with van der Waals surface area (Å²) in [6.07, 6.45) is 9.13. The fourth-order valence-electron chi connectivity index (χ4n) is 5.42. The largest absolute Gasteiger partial charge is 0.487 e. The van der Waals surface area contributed by atoms with Gasteiger partial charge in [-0.05, 0) is 64.9 Å². The average Bonchev–Trinajstić information content (AvgIpc) is 2.62. The van der Waals surface area contributed by atoms with E-state index in [-0.39, 0.29) is 11.0 Å². The third-order valence-electron chi connectivity index (χ3n) is 6.63. The Morgan fingerprint density at radius 3 is 2.48 bits per heavy atom. The minimum Gasteiger partial charge on any atom is -0.487 e. The third-order valence-corrected chi connectivity index (χ3v) is 6.63. The molecule has 4 rings (SSSR count). The highest BCUT2D eigenvalue weighted by Gasteiger charge is 2.47. The van der Waals surface area contributed by atoms with E-state index in [0.717, 1.165) is 34.6 Å². The molecule has 0 saturated heterocycles. The summed E-state index contributed by atoms with van der Waals surface area (Å²) in [6, 6.07) is 6.53. The number of fused-ring (bicyclic) bond motifs is 2. The lowest BCUT2D eigenvalue weighted by atomic mass is 9.62. The van der Waals surface area contributed by atoms with Crippen molar-refractivity contribution in [3.05, 3.63) is 46.6 Å². The highest BCUT2D eigenvalue weighted by atomic mass is 16.5. The van der Waals surface area contributed by atoms with Gasteiger partial charge in [-0.2, -0.15) is 0 Å². The van der Waals surface area contributed by atoms with Gasteiger partial charge in [-0.1, -0.05) is 31.4 Å². The molecule has 2 heteroatoms. The molecule has 1 fully saturated rings. The van der Waals surface area contributed by atoms with E-state index in [4.69, 9.17) is 8.85 Å². The highest BCUT2D eigenvalue weighted by Crippen LogP contribution is 2.55. The molecule has 1 aliphatic heterocycles. The maximum Gasteiger partial charge on any atom is 0.216 e. The van der Waals surface area contributed by atoms with Gasteiger partial charge < -0.3 is 4.74 Å². The average molecular weight is 368 g/mol. The second-order valence-electron chi connectivity index (χ2n) is 9.38. The molecule has 1 aromatic heterocycles. The Labute approximate surface area is 168 Å². The SMILES string of the molecule is [2H]C([2H])([2H])c1c[n+](C)c(-c2c(C)ccc3c2OC(C)(C)CC32CCCCC2)cc1C. The molecule has 0 bridgehead atoms. The lowest BCUT2D eigenvalue weighted by molar-refractivity contribution is -0.660. The Hall–Kier alpha value is -1.83. The van der Waals surface area contributed by atoms with Crippen molar-refractivity contribution in [3.63, 3.8) is 0 Å². The number of aryl methyl sites for hydroxylation is 4. The van der Waals surface area contributed by atoms with Gasteiger partial charge in [0.25, 0.3) is 0 Å². The molecule has 27 heavy (non-hydrogen) atoms.